The molecular weight excluding hydrogens is 379 g/mol. The summed E-state index contributed by atoms with van der Waals surface area (Å²) >= 11 is 0. The molecule has 1 heterocycles. The van der Waals surface area contributed by atoms with Gasteiger partial charge in [-0.15, -0.1) is 0 Å². The summed E-state index contributed by atoms with van der Waals surface area (Å²) in [5.41, 5.74) is 0.301. The summed E-state index contributed by atoms with van der Waals surface area (Å²) in [7, 11) is 0. The molecule has 0 saturated heterocycles. The van der Waals surface area contributed by atoms with Gasteiger partial charge in [-0.2, -0.15) is 0 Å². The summed E-state index contributed by atoms with van der Waals surface area (Å²) in [5, 5.41) is 11.6. The molecule has 0 aliphatic heterocycles. The number of halogens is 1. The number of hydrogen-bond acceptors (Lipinski definition) is 5. The first kappa shape index (κ1) is 20.7. The fraction of sp³-hybridized carbons (Fsp3) is 0.381. The lowest BCUT2D eigenvalue weighted by molar-refractivity contribution is -0.145. The minimum Gasteiger partial charge on any atom is -0.480 e. The van der Waals surface area contributed by atoms with E-state index in [0.29, 0.717) is 23.8 Å². The molecule has 1 aromatic heterocycles. The molecule has 1 aliphatic rings. The monoisotopic (exact) mass is 402 g/mol. The van der Waals surface area contributed by atoms with E-state index in [1.807, 2.05) is 0 Å². The lowest BCUT2D eigenvalue weighted by atomic mass is 9.87. The number of amides is 1. The molecule has 0 atom stereocenters. The van der Waals surface area contributed by atoms with Gasteiger partial charge in [-0.05, 0) is 68.0 Å². The highest BCUT2D eigenvalue weighted by molar-refractivity contribution is 5.96. The SMILES string of the molecule is O=C(O)COC1CCC(CNC(=O)c2cccnc2Oc2ccc(F)cc2)CC1. The maximum atomic E-state index is 13.0. The Bertz CT molecular complexity index is 835. The molecule has 0 radical (unpaired) electrons. The molecule has 29 heavy (non-hydrogen) atoms. The number of nitrogens with one attached hydrogen (secondary N) is 1. The van der Waals surface area contributed by atoms with Crippen LogP contribution in [0.15, 0.2) is 42.6 Å². The average Bonchev–Trinajstić information content (AvgIpc) is 2.73. The van der Waals surface area contributed by atoms with Crippen LogP contribution in [-0.2, 0) is 9.53 Å². The first-order chi connectivity index (χ1) is 14.0. The van der Waals surface area contributed by atoms with E-state index in [1.165, 1.54) is 30.5 Å². The minimum atomic E-state index is -0.963. The lowest BCUT2D eigenvalue weighted by Crippen LogP contribution is -2.33. The zero-order valence-corrected chi connectivity index (χ0v) is 15.8. The zero-order chi connectivity index (χ0) is 20.6. The van der Waals surface area contributed by atoms with E-state index in [9.17, 15) is 14.0 Å². The smallest absolute Gasteiger partial charge is 0.329 e. The van der Waals surface area contributed by atoms with Crippen molar-refractivity contribution < 1.29 is 28.6 Å². The Labute approximate surface area is 167 Å². The van der Waals surface area contributed by atoms with Gasteiger partial charge >= 0.3 is 5.97 Å². The molecule has 154 valence electrons. The molecule has 2 aromatic rings. The van der Waals surface area contributed by atoms with Crippen LogP contribution in [0.5, 0.6) is 11.6 Å². The van der Waals surface area contributed by atoms with Gasteiger partial charge in [0.2, 0.25) is 5.88 Å². The van der Waals surface area contributed by atoms with Gasteiger partial charge in [-0.1, -0.05) is 0 Å². The number of benzene rings is 1. The third-order valence-corrected chi connectivity index (χ3v) is 4.83. The Kier molecular flexibility index (Phi) is 7.13. The number of ether oxygens (including phenoxy) is 2. The van der Waals surface area contributed by atoms with E-state index in [2.05, 4.69) is 10.3 Å². The van der Waals surface area contributed by atoms with Crippen LogP contribution in [0.4, 0.5) is 4.39 Å². The summed E-state index contributed by atoms with van der Waals surface area (Å²) in [6, 6.07) is 8.76. The highest BCUT2D eigenvalue weighted by atomic mass is 19.1. The number of aliphatic carboxylic acids is 1. The third kappa shape index (κ3) is 6.25. The number of carbonyl (C=O) groups excluding carboxylic acids is 1. The largest absolute Gasteiger partial charge is 0.480 e. The first-order valence-corrected chi connectivity index (χ1v) is 9.51. The topological polar surface area (TPSA) is 97.8 Å². The maximum absolute atomic E-state index is 13.0. The third-order valence-electron chi connectivity index (χ3n) is 4.83. The molecule has 1 amide bonds. The summed E-state index contributed by atoms with van der Waals surface area (Å²) in [5.74, 6) is -0.781. The van der Waals surface area contributed by atoms with E-state index in [0.717, 1.165) is 25.7 Å². The molecule has 8 heteroatoms. The van der Waals surface area contributed by atoms with Gasteiger partial charge in [-0.3, -0.25) is 4.79 Å². The van der Waals surface area contributed by atoms with Crippen molar-refractivity contribution >= 4 is 11.9 Å². The van der Waals surface area contributed by atoms with Crippen LogP contribution in [-0.4, -0.2) is 41.2 Å². The number of carbonyl (C=O) groups is 2. The van der Waals surface area contributed by atoms with E-state index >= 15 is 0 Å². The van der Waals surface area contributed by atoms with E-state index in [-0.39, 0.29) is 30.3 Å². The molecule has 3 rings (SSSR count). The Morgan fingerprint density at radius 2 is 1.86 bits per heavy atom. The lowest BCUT2D eigenvalue weighted by Gasteiger charge is -2.28. The molecule has 0 unspecified atom stereocenters. The van der Waals surface area contributed by atoms with Crippen LogP contribution < -0.4 is 10.1 Å². The highest BCUT2D eigenvalue weighted by Gasteiger charge is 2.23. The fourth-order valence-corrected chi connectivity index (χ4v) is 3.28. The first-order valence-electron chi connectivity index (χ1n) is 9.51. The molecule has 1 aromatic carbocycles. The predicted octanol–water partition coefficient (Wildman–Crippen LogP) is 3.40. The number of rotatable bonds is 8. The summed E-state index contributed by atoms with van der Waals surface area (Å²) in [4.78, 5) is 27.3. The molecule has 1 aliphatic carbocycles. The zero-order valence-electron chi connectivity index (χ0n) is 15.8. The van der Waals surface area contributed by atoms with Crippen molar-refractivity contribution in [2.24, 2.45) is 5.92 Å². The van der Waals surface area contributed by atoms with Crippen molar-refractivity contribution in [2.75, 3.05) is 13.2 Å². The second-order valence-electron chi connectivity index (χ2n) is 6.97. The van der Waals surface area contributed by atoms with E-state index in [1.54, 1.807) is 12.1 Å². The second-order valence-corrected chi connectivity index (χ2v) is 6.97. The number of hydrogen-bond donors (Lipinski definition) is 2. The van der Waals surface area contributed by atoms with Crippen LogP contribution in [0, 0.1) is 11.7 Å². The Morgan fingerprint density at radius 1 is 1.14 bits per heavy atom. The minimum absolute atomic E-state index is 0.0351. The molecule has 0 bridgehead atoms. The number of pyridine rings is 1. The van der Waals surface area contributed by atoms with Crippen molar-refractivity contribution in [3.63, 3.8) is 0 Å². The van der Waals surface area contributed by atoms with E-state index in [4.69, 9.17) is 14.6 Å². The second kappa shape index (κ2) is 9.97. The van der Waals surface area contributed by atoms with E-state index < -0.39 is 5.97 Å². The standard InChI is InChI=1S/C21H23FN2O5/c22-15-5-9-17(10-6-15)29-21-18(2-1-11-23-21)20(27)24-12-14-3-7-16(8-4-14)28-13-19(25)26/h1-2,5-6,9-11,14,16H,3-4,7-8,12-13H2,(H,24,27)(H,25,26). The van der Waals surface area contributed by atoms with Crippen LogP contribution >= 0.6 is 0 Å². The van der Waals surface area contributed by atoms with Crippen molar-refractivity contribution in [2.45, 2.75) is 31.8 Å². The molecule has 7 nitrogen and oxygen atoms in total. The number of nitrogens with zero attached hydrogens (tertiary/aromatic N) is 1. The Morgan fingerprint density at radius 3 is 2.55 bits per heavy atom. The van der Waals surface area contributed by atoms with Crippen LogP contribution in [0.3, 0.4) is 0 Å². The van der Waals surface area contributed by atoms with Crippen LogP contribution in [0.2, 0.25) is 0 Å². The van der Waals surface area contributed by atoms with Crippen LogP contribution in [0.25, 0.3) is 0 Å². The van der Waals surface area contributed by atoms with Gasteiger partial charge in [0.1, 0.15) is 23.7 Å². The molecular formula is C21H23FN2O5. The van der Waals surface area contributed by atoms with Crippen molar-refractivity contribution in [1.29, 1.82) is 0 Å². The predicted molar refractivity (Wildman–Crippen MR) is 102 cm³/mol. The fourth-order valence-electron chi connectivity index (χ4n) is 3.28. The summed E-state index contributed by atoms with van der Waals surface area (Å²) in [6.07, 6.45) is 4.76. The van der Waals surface area contributed by atoms with Gasteiger partial charge in [0.25, 0.3) is 5.91 Å². The average molecular weight is 402 g/mol. The van der Waals surface area contributed by atoms with Crippen molar-refractivity contribution in [3.8, 4) is 11.6 Å². The number of aromatic nitrogens is 1. The van der Waals surface area contributed by atoms with Crippen LogP contribution in [0.1, 0.15) is 36.0 Å². The summed E-state index contributed by atoms with van der Waals surface area (Å²) < 4.78 is 24.0. The summed E-state index contributed by atoms with van der Waals surface area (Å²) in [6.45, 7) is 0.235. The van der Waals surface area contributed by atoms with Crippen molar-refractivity contribution in [1.82, 2.24) is 10.3 Å². The Hall–Kier alpha value is -3.00. The number of carboxylic acid groups (broad SMARTS) is 1. The normalized spacial score (nSPS) is 18.8. The molecule has 2 N–H and O–H groups in total. The quantitative estimate of drug-likeness (QED) is 0.702. The number of carboxylic acids is 1. The molecule has 0 spiro atoms. The van der Waals surface area contributed by atoms with Gasteiger partial charge in [-0.25, -0.2) is 14.2 Å². The van der Waals surface area contributed by atoms with Crippen molar-refractivity contribution in [3.05, 3.63) is 54.0 Å². The maximum Gasteiger partial charge on any atom is 0.329 e. The van der Waals surface area contributed by atoms with Gasteiger partial charge in [0.05, 0.1) is 6.10 Å². The molecule has 1 fully saturated rings. The van der Waals surface area contributed by atoms with Gasteiger partial charge in [0, 0.05) is 12.7 Å². The van der Waals surface area contributed by atoms with Gasteiger partial charge < -0.3 is 19.9 Å². The highest BCUT2D eigenvalue weighted by Crippen LogP contribution is 2.26. The Balaban J connectivity index is 1.51. The molecule has 1 saturated carbocycles. The van der Waals surface area contributed by atoms with Gasteiger partial charge in [0.15, 0.2) is 0 Å².